The molecule has 1 rings (SSSR count). The van der Waals surface area contributed by atoms with Gasteiger partial charge >= 0.3 is 0 Å². The van der Waals surface area contributed by atoms with Gasteiger partial charge in [0.15, 0.2) is 0 Å². The van der Waals surface area contributed by atoms with Crippen LogP contribution < -0.4 is 0 Å². The summed E-state index contributed by atoms with van der Waals surface area (Å²) in [6, 6.07) is 0. The molecule has 0 saturated carbocycles. The van der Waals surface area contributed by atoms with E-state index < -0.39 is 0 Å². The van der Waals surface area contributed by atoms with Crippen molar-refractivity contribution in [3.05, 3.63) is 16.1 Å². The summed E-state index contributed by atoms with van der Waals surface area (Å²) in [6.45, 7) is 6.62. The van der Waals surface area contributed by atoms with E-state index in [2.05, 4.69) is 58.0 Å². The van der Waals surface area contributed by atoms with Crippen molar-refractivity contribution in [3.8, 4) is 0 Å². The van der Waals surface area contributed by atoms with E-state index in [-0.39, 0.29) is 5.41 Å². The summed E-state index contributed by atoms with van der Waals surface area (Å²) in [5.41, 5.74) is 1.39. The Morgan fingerprint density at radius 3 is 2.33 bits per heavy atom. The SMILES string of the molecule is CC(C)(C)c1csc(CC(CBr)CBr)n1. The minimum atomic E-state index is 0.174. The van der Waals surface area contributed by atoms with Crippen LogP contribution in [-0.4, -0.2) is 15.6 Å². The monoisotopic (exact) mass is 353 g/mol. The average molecular weight is 355 g/mol. The fourth-order valence-electron chi connectivity index (χ4n) is 1.15. The van der Waals surface area contributed by atoms with Crippen molar-refractivity contribution in [1.29, 1.82) is 0 Å². The Bertz CT molecular complexity index is 300. The summed E-state index contributed by atoms with van der Waals surface area (Å²) in [5, 5.41) is 5.50. The number of thiazole rings is 1. The number of hydrogen-bond acceptors (Lipinski definition) is 2. The predicted octanol–water partition coefficient (Wildman–Crippen LogP) is 4.39. The molecule has 4 heteroatoms. The molecule has 0 unspecified atom stereocenters. The second kappa shape index (κ2) is 5.78. The van der Waals surface area contributed by atoms with Crippen LogP contribution in [-0.2, 0) is 11.8 Å². The zero-order valence-corrected chi connectivity index (χ0v) is 13.4. The van der Waals surface area contributed by atoms with Crippen LogP contribution in [0.15, 0.2) is 5.38 Å². The maximum atomic E-state index is 4.69. The molecule has 86 valence electrons. The molecular formula is C11H17Br2NS. The van der Waals surface area contributed by atoms with Crippen molar-refractivity contribution in [2.75, 3.05) is 10.7 Å². The number of aromatic nitrogens is 1. The van der Waals surface area contributed by atoms with E-state index in [0.717, 1.165) is 17.1 Å². The maximum absolute atomic E-state index is 4.69. The van der Waals surface area contributed by atoms with Gasteiger partial charge in [0.25, 0.3) is 0 Å². The Kier molecular flexibility index (Phi) is 5.26. The third kappa shape index (κ3) is 4.16. The molecule has 0 N–H and O–H groups in total. The van der Waals surface area contributed by atoms with Crippen LogP contribution >= 0.6 is 43.2 Å². The molecule has 0 aliphatic heterocycles. The van der Waals surface area contributed by atoms with Gasteiger partial charge in [0, 0.05) is 27.9 Å². The normalized spacial score (nSPS) is 12.4. The summed E-state index contributed by atoms with van der Waals surface area (Å²) >= 11 is 8.84. The molecule has 1 nitrogen and oxygen atoms in total. The van der Waals surface area contributed by atoms with Gasteiger partial charge in [0.2, 0.25) is 0 Å². The number of halogens is 2. The lowest BCUT2D eigenvalue weighted by Gasteiger charge is -2.14. The smallest absolute Gasteiger partial charge is 0.0931 e. The Balaban J connectivity index is 2.68. The molecule has 0 aliphatic rings. The third-order valence-corrected chi connectivity index (χ3v) is 4.92. The third-order valence-electron chi connectivity index (χ3n) is 2.22. The van der Waals surface area contributed by atoms with Crippen molar-refractivity contribution in [2.24, 2.45) is 5.92 Å². The lowest BCUT2D eigenvalue weighted by molar-refractivity contribution is 0.567. The number of alkyl halides is 2. The van der Waals surface area contributed by atoms with Crippen molar-refractivity contribution >= 4 is 43.2 Å². The first-order chi connectivity index (χ1) is 6.97. The van der Waals surface area contributed by atoms with E-state index in [0.29, 0.717) is 5.92 Å². The summed E-state index contributed by atoms with van der Waals surface area (Å²) in [5.74, 6) is 0.643. The van der Waals surface area contributed by atoms with Gasteiger partial charge < -0.3 is 0 Å². The Morgan fingerprint density at radius 2 is 1.93 bits per heavy atom. The molecule has 1 aromatic rings. The van der Waals surface area contributed by atoms with Crippen LogP contribution in [0.25, 0.3) is 0 Å². The quantitative estimate of drug-likeness (QED) is 0.730. The van der Waals surface area contributed by atoms with Crippen LogP contribution in [0.4, 0.5) is 0 Å². The Morgan fingerprint density at radius 1 is 1.33 bits per heavy atom. The van der Waals surface area contributed by atoms with Crippen LogP contribution in [0.2, 0.25) is 0 Å². The predicted molar refractivity (Wildman–Crippen MR) is 75.6 cm³/mol. The molecular weight excluding hydrogens is 338 g/mol. The summed E-state index contributed by atoms with van der Waals surface area (Å²) in [6.07, 6.45) is 1.07. The van der Waals surface area contributed by atoms with Gasteiger partial charge in [-0.3, -0.25) is 0 Å². The van der Waals surface area contributed by atoms with Gasteiger partial charge in [0.05, 0.1) is 10.7 Å². The van der Waals surface area contributed by atoms with Crippen molar-refractivity contribution in [2.45, 2.75) is 32.6 Å². The second-order valence-electron chi connectivity index (χ2n) is 4.76. The minimum absolute atomic E-state index is 0.174. The standard InChI is InChI=1S/C11H17Br2NS/c1-11(2,3)9-7-15-10(14-9)4-8(5-12)6-13/h7-8H,4-6H2,1-3H3. The molecule has 1 aromatic heterocycles. The van der Waals surface area contributed by atoms with Gasteiger partial charge in [-0.15, -0.1) is 11.3 Å². The Labute approximate surface area is 113 Å². The zero-order chi connectivity index (χ0) is 11.5. The molecule has 15 heavy (non-hydrogen) atoms. The molecule has 0 fully saturated rings. The van der Waals surface area contributed by atoms with Gasteiger partial charge in [-0.1, -0.05) is 52.6 Å². The number of hydrogen-bond donors (Lipinski definition) is 0. The van der Waals surface area contributed by atoms with Gasteiger partial charge in [-0.25, -0.2) is 4.98 Å². The fourth-order valence-corrected chi connectivity index (χ4v) is 3.81. The molecule has 0 spiro atoms. The molecule has 0 aliphatic carbocycles. The molecule has 0 aromatic carbocycles. The van der Waals surface area contributed by atoms with Crippen molar-refractivity contribution in [1.82, 2.24) is 4.98 Å². The lowest BCUT2D eigenvalue weighted by Crippen LogP contribution is -2.12. The van der Waals surface area contributed by atoms with E-state index in [1.807, 2.05) is 0 Å². The first-order valence-electron chi connectivity index (χ1n) is 5.04. The topological polar surface area (TPSA) is 12.9 Å². The molecule has 1 heterocycles. The number of nitrogens with zero attached hydrogens (tertiary/aromatic N) is 1. The highest BCUT2D eigenvalue weighted by molar-refractivity contribution is 9.09. The van der Waals surface area contributed by atoms with Gasteiger partial charge in [0.1, 0.15) is 0 Å². The highest BCUT2D eigenvalue weighted by atomic mass is 79.9. The lowest BCUT2D eigenvalue weighted by atomic mass is 9.93. The van der Waals surface area contributed by atoms with Gasteiger partial charge in [-0.05, 0) is 5.92 Å². The van der Waals surface area contributed by atoms with Crippen molar-refractivity contribution < 1.29 is 0 Å². The van der Waals surface area contributed by atoms with E-state index in [4.69, 9.17) is 4.98 Å². The maximum Gasteiger partial charge on any atom is 0.0931 e. The fraction of sp³-hybridized carbons (Fsp3) is 0.727. The van der Waals surface area contributed by atoms with Gasteiger partial charge in [-0.2, -0.15) is 0 Å². The molecule has 0 bridgehead atoms. The summed E-state index contributed by atoms with van der Waals surface area (Å²) in [4.78, 5) is 4.69. The van der Waals surface area contributed by atoms with Crippen LogP contribution in [0.3, 0.4) is 0 Å². The van der Waals surface area contributed by atoms with E-state index >= 15 is 0 Å². The molecule has 0 radical (unpaired) electrons. The van der Waals surface area contributed by atoms with Crippen molar-refractivity contribution in [3.63, 3.8) is 0 Å². The highest BCUT2D eigenvalue weighted by Crippen LogP contribution is 2.25. The summed E-state index contributed by atoms with van der Waals surface area (Å²) in [7, 11) is 0. The first-order valence-corrected chi connectivity index (χ1v) is 8.16. The molecule has 0 saturated heterocycles. The average Bonchev–Trinajstić information content (AvgIpc) is 2.61. The summed E-state index contributed by atoms with van der Waals surface area (Å²) < 4.78 is 0. The van der Waals surface area contributed by atoms with Crippen LogP contribution in [0, 0.1) is 5.92 Å². The zero-order valence-electron chi connectivity index (χ0n) is 9.39. The Hall–Kier alpha value is 0.590. The minimum Gasteiger partial charge on any atom is -0.246 e. The van der Waals surface area contributed by atoms with E-state index in [1.165, 1.54) is 10.7 Å². The van der Waals surface area contributed by atoms with Crippen LogP contribution in [0.5, 0.6) is 0 Å². The van der Waals surface area contributed by atoms with Crippen LogP contribution in [0.1, 0.15) is 31.5 Å². The second-order valence-corrected chi connectivity index (χ2v) is 6.99. The molecule has 0 atom stereocenters. The van der Waals surface area contributed by atoms with E-state index in [9.17, 15) is 0 Å². The highest BCUT2D eigenvalue weighted by Gasteiger charge is 2.18. The largest absolute Gasteiger partial charge is 0.246 e. The number of rotatable bonds is 4. The molecule has 0 amide bonds. The van der Waals surface area contributed by atoms with E-state index in [1.54, 1.807) is 11.3 Å². The first kappa shape index (κ1) is 13.7.